The molecule has 0 aliphatic rings. The zero-order valence-corrected chi connectivity index (χ0v) is 14.7. The van der Waals surface area contributed by atoms with Gasteiger partial charge in [0, 0.05) is 13.1 Å². The van der Waals surface area contributed by atoms with Gasteiger partial charge in [-0.05, 0) is 42.7 Å². The maximum Gasteiger partial charge on any atom is 0.240 e. The van der Waals surface area contributed by atoms with E-state index in [-0.39, 0.29) is 30.3 Å². The van der Waals surface area contributed by atoms with Crippen LogP contribution in [0.25, 0.3) is 0 Å². The van der Waals surface area contributed by atoms with E-state index in [0.717, 1.165) is 16.7 Å². The Hall–Kier alpha value is -2.18. The second-order valence-corrected chi connectivity index (χ2v) is 7.42. The van der Waals surface area contributed by atoms with Crippen molar-refractivity contribution < 1.29 is 13.2 Å². The Balaban J connectivity index is 1.80. The number of benzene rings is 2. The van der Waals surface area contributed by atoms with Gasteiger partial charge in [-0.1, -0.05) is 36.4 Å². The van der Waals surface area contributed by atoms with Crippen molar-refractivity contribution in [1.82, 2.24) is 10.0 Å². The molecule has 2 aromatic carbocycles. The van der Waals surface area contributed by atoms with Gasteiger partial charge in [0.25, 0.3) is 0 Å². The van der Waals surface area contributed by atoms with Crippen molar-refractivity contribution in [2.24, 2.45) is 0 Å². The van der Waals surface area contributed by atoms with E-state index in [1.807, 2.05) is 44.2 Å². The first-order valence-electron chi connectivity index (χ1n) is 7.76. The molecule has 0 bridgehead atoms. The first-order valence-corrected chi connectivity index (χ1v) is 9.24. The minimum absolute atomic E-state index is 0.133. The van der Waals surface area contributed by atoms with Gasteiger partial charge < -0.3 is 5.32 Å². The number of sulfonamides is 1. The Morgan fingerprint density at radius 1 is 0.958 bits per heavy atom. The fraction of sp³-hybridized carbons (Fsp3) is 0.278. The number of carbonyl (C=O) groups is 1. The average molecular weight is 346 g/mol. The largest absolute Gasteiger partial charge is 0.355 e. The lowest BCUT2D eigenvalue weighted by molar-refractivity contribution is -0.120. The van der Waals surface area contributed by atoms with Gasteiger partial charge in [-0.15, -0.1) is 0 Å². The van der Waals surface area contributed by atoms with Gasteiger partial charge in [-0.3, -0.25) is 4.79 Å². The Morgan fingerprint density at radius 3 is 2.33 bits per heavy atom. The van der Waals surface area contributed by atoms with Crippen LogP contribution in [0.3, 0.4) is 0 Å². The van der Waals surface area contributed by atoms with Gasteiger partial charge in [-0.2, -0.15) is 0 Å². The predicted octanol–water partition coefficient (Wildman–Crippen LogP) is 1.94. The Kier molecular flexibility index (Phi) is 6.11. The molecule has 2 N–H and O–H groups in total. The topological polar surface area (TPSA) is 75.3 Å². The van der Waals surface area contributed by atoms with Crippen molar-refractivity contribution in [3.63, 3.8) is 0 Å². The maximum absolute atomic E-state index is 12.2. The Morgan fingerprint density at radius 2 is 1.67 bits per heavy atom. The number of carbonyl (C=O) groups excluding carboxylic acids is 1. The summed E-state index contributed by atoms with van der Waals surface area (Å²) < 4.78 is 26.9. The minimum Gasteiger partial charge on any atom is -0.355 e. The molecule has 0 saturated heterocycles. The van der Waals surface area contributed by atoms with E-state index < -0.39 is 10.0 Å². The minimum atomic E-state index is -3.56. The zero-order chi connectivity index (χ0) is 17.6. The van der Waals surface area contributed by atoms with Crippen LogP contribution in [-0.2, 0) is 21.2 Å². The summed E-state index contributed by atoms with van der Waals surface area (Å²) in [6.45, 7) is 4.20. The third-order valence-corrected chi connectivity index (χ3v) is 5.19. The second kappa shape index (κ2) is 8.08. The molecular formula is C18H22N2O3S. The van der Waals surface area contributed by atoms with Crippen LogP contribution in [0.5, 0.6) is 0 Å². The highest BCUT2D eigenvalue weighted by molar-refractivity contribution is 7.89. The maximum atomic E-state index is 12.2. The van der Waals surface area contributed by atoms with Crippen LogP contribution in [0.2, 0.25) is 0 Å². The van der Waals surface area contributed by atoms with E-state index >= 15 is 0 Å². The molecule has 0 aliphatic heterocycles. The van der Waals surface area contributed by atoms with Gasteiger partial charge >= 0.3 is 0 Å². The lowest BCUT2D eigenvalue weighted by Crippen LogP contribution is -2.35. The first kappa shape index (κ1) is 18.2. The van der Waals surface area contributed by atoms with E-state index in [9.17, 15) is 13.2 Å². The highest BCUT2D eigenvalue weighted by Crippen LogP contribution is 2.14. The van der Waals surface area contributed by atoms with E-state index in [1.165, 1.54) is 0 Å². The SMILES string of the molecule is Cc1ccc(S(=O)(=O)NCCNC(=O)Cc2ccccc2)cc1C. The summed E-state index contributed by atoms with van der Waals surface area (Å²) in [5.74, 6) is -0.133. The molecule has 5 nitrogen and oxygen atoms in total. The molecule has 128 valence electrons. The smallest absolute Gasteiger partial charge is 0.240 e. The van der Waals surface area contributed by atoms with Gasteiger partial charge in [0.2, 0.25) is 15.9 Å². The van der Waals surface area contributed by atoms with E-state index in [2.05, 4.69) is 10.0 Å². The fourth-order valence-corrected chi connectivity index (χ4v) is 3.31. The molecule has 6 heteroatoms. The van der Waals surface area contributed by atoms with Crippen molar-refractivity contribution in [1.29, 1.82) is 0 Å². The molecule has 0 heterocycles. The number of aryl methyl sites for hydroxylation is 2. The van der Waals surface area contributed by atoms with Gasteiger partial charge in [-0.25, -0.2) is 13.1 Å². The number of rotatable bonds is 7. The van der Waals surface area contributed by atoms with Crippen LogP contribution in [-0.4, -0.2) is 27.4 Å². The van der Waals surface area contributed by atoms with Crippen molar-refractivity contribution >= 4 is 15.9 Å². The summed E-state index contributed by atoms with van der Waals surface area (Å²) in [4.78, 5) is 12.0. The Labute approximate surface area is 143 Å². The normalized spacial score (nSPS) is 11.2. The lowest BCUT2D eigenvalue weighted by Gasteiger charge is -2.09. The number of hydrogen-bond acceptors (Lipinski definition) is 3. The summed E-state index contributed by atoms with van der Waals surface area (Å²) in [6, 6.07) is 14.4. The molecule has 0 fully saturated rings. The summed E-state index contributed by atoms with van der Waals surface area (Å²) in [5, 5.41) is 2.71. The molecule has 2 rings (SSSR count). The summed E-state index contributed by atoms with van der Waals surface area (Å²) in [7, 11) is -3.56. The number of hydrogen-bond donors (Lipinski definition) is 2. The predicted molar refractivity (Wildman–Crippen MR) is 94.3 cm³/mol. The molecule has 0 saturated carbocycles. The molecule has 1 amide bonds. The van der Waals surface area contributed by atoms with Gasteiger partial charge in [0.05, 0.1) is 11.3 Å². The van der Waals surface area contributed by atoms with Crippen molar-refractivity contribution in [3.8, 4) is 0 Å². The van der Waals surface area contributed by atoms with E-state index in [4.69, 9.17) is 0 Å². The first-order chi connectivity index (χ1) is 11.4. The van der Waals surface area contributed by atoms with Crippen molar-refractivity contribution in [2.75, 3.05) is 13.1 Å². The summed E-state index contributed by atoms with van der Waals surface area (Å²) in [5.41, 5.74) is 2.89. The summed E-state index contributed by atoms with van der Waals surface area (Å²) >= 11 is 0. The molecular weight excluding hydrogens is 324 g/mol. The van der Waals surface area contributed by atoms with Crippen LogP contribution >= 0.6 is 0 Å². The fourth-order valence-electron chi connectivity index (χ4n) is 2.20. The molecule has 0 aromatic heterocycles. The van der Waals surface area contributed by atoms with Crippen LogP contribution in [0.15, 0.2) is 53.4 Å². The third-order valence-electron chi connectivity index (χ3n) is 3.74. The third kappa shape index (κ3) is 5.18. The standard InChI is InChI=1S/C18H22N2O3S/c1-14-8-9-17(12-15(14)2)24(22,23)20-11-10-19-18(21)13-16-6-4-3-5-7-16/h3-9,12,20H,10-11,13H2,1-2H3,(H,19,21). The molecule has 2 aromatic rings. The quantitative estimate of drug-likeness (QED) is 0.753. The van der Waals surface area contributed by atoms with Crippen molar-refractivity contribution in [3.05, 3.63) is 65.2 Å². The molecule has 0 atom stereocenters. The van der Waals surface area contributed by atoms with Crippen molar-refractivity contribution in [2.45, 2.75) is 25.2 Å². The molecule has 0 aliphatic carbocycles. The van der Waals surface area contributed by atoms with Crippen LogP contribution in [0, 0.1) is 13.8 Å². The second-order valence-electron chi connectivity index (χ2n) is 5.66. The highest BCUT2D eigenvalue weighted by atomic mass is 32.2. The number of nitrogens with one attached hydrogen (secondary N) is 2. The van der Waals surface area contributed by atoms with E-state index in [0.29, 0.717) is 0 Å². The molecule has 0 radical (unpaired) electrons. The molecule has 0 spiro atoms. The molecule has 0 unspecified atom stereocenters. The van der Waals surface area contributed by atoms with E-state index in [1.54, 1.807) is 18.2 Å². The Bertz CT molecular complexity index is 802. The lowest BCUT2D eigenvalue weighted by atomic mass is 10.1. The molecule has 24 heavy (non-hydrogen) atoms. The van der Waals surface area contributed by atoms with Gasteiger partial charge in [0.1, 0.15) is 0 Å². The number of amides is 1. The monoisotopic (exact) mass is 346 g/mol. The average Bonchev–Trinajstić information content (AvgIpc) is 2.55. The van der Waals surface area contributed by atoms with Crippen LogP contribution in [0.1, 0.15) is 16.7 Å². The summed E-state index contributed by atoms with van der Waals surface area (Å²) in [6.07, 6.45) is 0.282. The van der Waals surface area contributed by atoms with Crippen LogP contribution in [0.4, 0.5) is 0 Å². The zero-order valence-electron chi connectivity index (χ0n) is 13.9. The highest BCUT2D eigenvalue weighted by Gasteiger charge is 2.14. The van der Waals surface area contributed by atoms with Crippen LogP contribution < -0.4 is 10.0 Å². The van der Waals surface area contributed by atoms with Gasteiger partial charge in [0.15, 0.2) is 0 Å².